The van der Waals surface area contributed by atoms with E-state index in [1.54, 1.807) is 12.1 Å². The summed E-state index contributed by atoms with van der Waals surface area (Å²) in [5.74, 6) is -0.185. The first-order valence-electron chi connectivity index (χ1n) is 9.06. The van der Waals surface area contributed by atoms with E-state index < -0.39 is 6.10 Å². The van der Waals surface area contributed by atoms with Crippen LogP contribution in [0.25, 0.3) is 10.9 Å². The fraction of sp³-hybridized carbons (Fsp3) is 0.286. The summed E-state index contributed by atoms with van der Waals surface area (Å²) in [4.78, 5) is 18.3. The number of para-hydroxylation sites is 1. The number of rotatable bonds is 3. The van der Waals surface area contributed by atoms with Gasteiger partial charge in [-0.25, -0.2) is 4.79 Å². The molecule has 0 saturated carbocycles. The molecule has 3 aromatic rings. The van der Waals surface area contributed by atoms with Crippen LogP contribution in [0.5, 0.6) is 5.75 Å². The summed E-state index contributed by atoms with van der Waals surface area (Å²) in [5, 5.41) is 11.0. The van der Waals surface area contributed by atoms with Crippen molar-refractivity contribution in [1.29, 1.82) is 0 Å². The number of fused-ring (bicyclic) bond motifs is 2. The predicted molar refractivity (Wildman–Crippen MR) is 98.2 cm³/mol. The number of likely N-dealkylation sites (tertiary alicyclic amines) is 1. The van der Waals surface area contributed by atoms with Gasteiger partial charge in [-0.15, -0.1) is 0 Å². The van der Waals surface area contributed by atoms with Crippen LogP contribution in [0, 0.1) is 0 Å². The smallest absolute Gasteiger partial charge is 0.339 e. The molecule has 0 radical (unpaired) electrons. The molecule has 1 aromatic heterocycles. The van der Waals surface area contributed by atoms with E-state index in [-0.39, 0.29) is 11.7 Å². The van der Waals surface area contributed by atoms with Crippen LogP contribution in [0.4, 0.5) is 0 Å². The lowest BCUT2D eigenvalue weighted by Gasteiger charge is -2.18. The minimum atomic E-state index is -0.488. The summed E-state index contributed by atoms with van der Waals surface area (Å²) in [6, 6.07) is 12.9. The third kappa shape index (κ3) is 2.39. The molecule has 1 saturated heterocycles. The molecule has 26 heavy (non-hydrogen) atoms. The SMILES string of the molecule is O=C1OC(c2c(CN3CCCC3)[nH]c3ccccc23)c2cc(O)ccc21. The molecule has 2 N–H and O–H groups in total. The van der Waals surface area contributed by atoms with Crippen LogP contribution in [0.15, 0.2) is 42.5 Å². The van der Waals surface area contributed by atoms with Gasteiger partial charge in [0.15, 0.2) is 6.10 Å². The first-order valence-corrected chi connectivity index (χ1v) is 9.06. The van der Waals surface area contributed by atoms with E-state index in [0.29, 0.717) is 5.56 Å². The highest BCUT2D eigenvalue weighted by Gasteiger charge is 2.36. The van der Waals surface area contributed by atoms with E-state index in [1.807, 2.05) is 18.2 Å². The van der Waals surface area contributed by atoms with Crippen molar-refractivity contribution in [2.45, 2.75) is 25.5 Å². The standard InChI is InChI=1S/C21H20N2O3/c24-13-7-8-14-16(11-13)20(26-21(14)25)19-15-5-1-2-6-17(15)22-18(19)12-23-9-3-4-10-23/h1-2,5-8,11,20,22,24H,3-4,9-10,12H2. The molecular weight excluding hydrogens is 328 g/mol. The number of cyclic esters (lactones) is 1. The van der Waals surface area contributed by atoms with Gasteiger partial charge in [0, 0.05) is 34.3 Å². The molecular formula is C21H20N2O3. The number of phenolic OH excluding ortho intramolecular Hbond substituents is 1. The number of carbonyl (C=O) groups is 1. The number of ether oxygens (including phenoxy) is 1. The molecule has 132 valence electrons. The maximum absolute atomic E-state index is 12.3. The summed E-state index contributed by atoms with van der Waals surface area (Å²) in [6.45, 7) is 3.00. The van der Waals surface area contributed by atoms with Crippen molar-refractivity contribution in [2.75, 3.05) is 13.1 Å². The zero-order valence-corrected chi connectivity index (χ0v) is 14.4. The molecule has 5 nitrogen and oxygen atoms in total. The second kappa shape index (κ2) is 5.88. The summed E-state index contributed by atoms with van der Waals surface area (Å²) < 4.78 is 5.76. The minimum Gasteiger partial charge on any atom is -0.508 e. The lowest BCUT2D eigenvalue weighted by molar-refractivity contribution is 0.0456. The largest absolute Gasteiger partial charge is 0.508 e. The quantitative estimate of drug-likeness (QED) is 0.708. The Hall–Kier alpha value is -2.79. The molecule has 3 heterocycles. The van der Waals surface area contributed by atoms with Gasteiger partial charge in [-0.2, -0.15) is 0 Å². The number of aromatic nitrogens is 1. The topological polar surface area (TPSA) is 65.6 Å². The second-order valence-corrected chi connectivity index (χ2v) is 7.10. The Morgan fingerprint density at radius 2 is 1.96 bits per heavy atom. The first-order chi connectivity index (χ1) is 12.7. The number of esters is 1. The number of aromatic amines is 1. The van der Waals surface area contributed by atoms with Gasteiger partial charge in [-0.3, -0.25) is 4.90 Å². The van der Waals surface area contributed by atoms with Gasteiger partial charge in [-0.05, 0) is 50.2 Å². The zero-order chi connectivity index (χ0) is 17.7. The molecule has 1 unspecified atom stereocenters. The Morgan fingerprint density at radius 3 is 2.81 bits per heavy atom. The highest BCUT2D eigenvalue weighted by molar-refractivity contribution is 5.96. The number of hydrogen-bond acceptors (Lipinski definition) is 4. The van der Waals surface area contributed by atoms with E-state index in [4.69, 9.17) is 4.74 Å². The van der Waals surface area contributed by atoms with Gasteiger partial charge in [0.25, 0.3) is 0 Å². The van der Waals surface area contributed by atoms with Crippen LogP contribution >= 0.6 is 0 Å². The highest BCUT2D eigenvalue weighted by atomic mass is 16.5. The van der Waals surface area contributed by atoms with Crippen molar-refractivity contribution >= 4 is 16.9 Å². The minimum absolute atomic E-state index is 0.146. The molecule has 1 fully saturated rings. The Kier molecular flexibility index (Phi) is 3.50. The van der Waals surface area contributed by atoms with E-state index >= 15 is 0 Å². The average molecular weight is 348 g/mol. The predicted octanol–water partition coefficient (Wildman–Crippen LogP) is 3.73. The van der Waals surface area contributed by atoms with Crippen LogP contribution < -0.4 is 0 Å². The molecule has 0 bridgehead atoms. The van der Waals surface area contributed by atoms with Crippen LogP contribution in [-0.4, -0.2) is 34.0 Å². The molecule has 1 atom stereocenters. The van der Waals surface area contributed by atoms with E-state index in [1.165, 1.54) is 18.9 Å². The summed E-state index contributed by atoms with van der Waals surface area (Å²) >= 11 is 0. The summed E-state index contributed by atoms with van der Waals surface area (Å²) in [6.07, 6.45) is 1.97. The number of hydrogen-bond donors (Lipinski definition) is 2. The molecule has 5 heteroatoms. The van der Waals surface area contributed by atoms with Crippen molar-refractivity contribution in [2.24, 2.45) is 0 Å². The van der Waals surface area contributed by atoms with E-state index in [0.717, 1.165) is 47.4 Å². The Balaban J connectivity index is 1.66. The number of carbonyl (C=O) groups excluding carboxylic acids is 1. The van der Waals surface area contributed by atoms with Crippen molar-refractivity contribution in [3.8, 4) is 5.75 Å². The summed E-state index contributed by atoms with van der Waals surface area (Å²) in [7, 11) is 0. The molecule has 2 aliphatic heterocycles. The van der Waals surface area contributed by atoms with Crippen molar-refractivity contribution in [3.63, 3.8) is 0 Å². The zero-order valence-electron chi connectivity index (χ0n) is 14.4. The molecule has 0 amide bonds. The number of nitrogens with one attached hydrogen (secondary N) is 1. The van der Waals surface area contributed by atoms with Crippen LogP contribution in [0.3, 0.4) is 0 Å². The van der Waals surface area contributed by atoms with E-state index in [9.17, 15) is 9.90 Å². The lowest BCUT2D eigenvalue weighted by Crippen LogP contribution is -2.20. The monoisotopic (exact) mass is 348 g/mol. The third-order valence-electron chi connectivity index (χ3n) is 5.43. The fourth-order valence-corrected chi connectivity index (χ4v) is 4.21. The summed E-state index contributed by atoms with van der Waals surface area (Å²) in [5.41, 5.74) is 4.40. The van der Waals surface area contributed by atoms with Gasteiger partial charge < -0.3 is 14.8 Å². The van der Waals surface area contributed by atoms with E-state index in [2.05, 4.69) is 16.0 Å². The van der Waals surface area contributed by atoms with Crippen LogP contribution in [0.1, 0.15) is 46.1 Å². The molecule has 5 rings (SSSR count). The maximum Gasteiger partial charge on any atom is 0.339 e. The fourth-order valence-electron chi connectivity index (χ4n) is 4.21. The molecule has 0 aliphatic carbocycles. The normalized spacial score (nSPS) is 19.8. The number of nitrogens with zero attached hydrogens (tertiary/aromatic N) is 1. The Bertz CT molecular complexity index is 1000. The third-order valence-corrected chi connectivity index (χ3v) is 5.43. The van der Waals surface area contributed by atoms with Gasteiger partial charge >= 0.3 is 5.97 Å². The average Bonchev–Trinajstić information content (AvgIpc) is 3.33. The highest BCUT2D eigenvalue weighted by Crippen LogP contribution is 2.42. The number of phenols is 1. The second-order valence-electron chi connectivity index (χ2n) is 7.10. The van der Waals surface area contributed by atoms with Gasteiger partial charge in [0.2, 0.25) is 0 Å². The van der Waals surface area contributed by atoms with Crippen LogP contribution in [-0.2, 0) is 11.3 Å². The number of aromatic hydroxyl groups is 1. The lowest BCUT2D eigenvalue weighted by atomic mass is 9.96. The first kappa shape index (κ1) is 15.5. The molecule has 2 aliphatic rings. The van der Waals surface area contributed by atoms with Crippen LogP contribution in [0.2, 0.25) is 0 Å². The van der Waals surface area contributed by atoms with Crippen molar-refractivity contribution in [1.82, 2.24) is 9.88 Å². The van der Waals surface area contributed by atoms with Gasteiger partial charge in [-0.1, -0.05) is 18.2 Å². The molecule has 2 aromatic carbocycles. The Labute approximate surface area is 151 Å². The maximum atomic E-state index is 12.3. The number of H-pyrrole nitrogens is 1. The van der Waals surface area contributed by atoms with Gasteiger partial charge in [0.05, 0.1) is 5.56 Å². The van der Waals surface area contributed by atoms with Crippen molar-refractivity contribution in [3.05, 3.63) is 64.8 Å². The molecule has 0 spiro atoms. The van der Waals surface area contributed by atoms with Gasteiger partial charge in [0.1, 0.15) is 5.75 Å². The number of benzene rings is 2. The van der Waals surface area contributed by atoms with Crippen molar-refractivity contribution < 1.29 is 14.6 Å². The Morgan fingerprint density at radius 1 is 1.15 bits per heavy atom.